The third kappa shape index (κ3) is 3.74. The molecule has 2 aromatic carbocycles. The minimum Gasteiger partial charge on any atom is -0.424 e. The van der Waals surface area contributed by atoms with Crippen LogP contribution in [0.1, 0.15) is 46.0 Å². The van der Waals surface area contributed by atoms with E-state index in [1.54, 1.807) is 0 Å². The zero-order valence-electron chi connectivity index (χ0n) is 15.5. The number of rotatable bonds is 5. The van der Waals surface area contributed by atoms with Crippen LogP contribution < -0.4 is 16.1 Å². The number of hydrogen-bond acceptors (Lipinski definition) is 2. The van der Waals surface area contributed by atoms with Crippen LogP contribution in [0.5, 0.6) is 0 Å². The Hall–Kier alpha value is -1.42. The summed E-state index contributed by atoms with van der Waals surface area (Å²) in [6, 6.07) is 21.1. The highest BCUT2D eigenvalue weighted by molar-refractivity contribution is 6.98. The molecule has 0 saturated heterocycles. The van der Waals surface area contributed by atoms with Crippen LogP contribution in [-0.2, 0) is 0 Å². The van der Waals surface area contributed by atoms with Gasteiger partial charge in [-0.25, -0.2) is 0 Å². The quantitative estimate of drug-likeness (QED) is 0.809. The zero-order chi connectivity index (χ0) is 17.9. The van der Waals surface area contributed by atoms with Crippen molar-refractivity contribution in [1.82, 2.24) is 0 Å². The molecule has 1 aliphatic carbocycles. The van der Waals surface area contributed by atoms with E-state index in [4.69, 9.17) is 5.73 Å². The van der Waals surface area contributed by atoms with Gasteiger partial charge in [0.05, 0.1) is 0 Å². The molecule has 0 heterocycles. The monoisotopic (exact) mass is 353 g/mol. The Morgan fingerprint density at radius 1 is 0.880 bits per heavy atom. The van der Waals surface area contributed by atoms with Crippen LogP contribution in [0, 0.1) is 5.92 Å². The number of hydrogen-bond donors (Lipinski definition) is 2. The molecular weight excluding hydrogens is 322 g/mol. The second-order valence-corrected chi connectivity index (χ2v) is 12.2. The third-order valence-corrected chi connectivity index (χ3v) is 10.6. The summed E-state index contributed by atoms with van der Waals surface area (Å²) in [6.07, 6.45) is 5.69. The Kier molecular flexibility index (Phi) is 5.47. The second-order valence-electron chi connectivity index (χ2n) is 8.31. The summed E-state index contributed by atoms with van der Waals surface area (Å²) in [5.74, 6) is 0.668. The van der Waals surface area contributed by atoms with Gasteiger partial charge in [-0.1, -0.05) is 74.5 Å². The lowest BCUT2D eigenvalue weighted by atomic mass is 9.81. The lowest BCUT2D eigenvalue weighted by Gasteiger charge is -2.44. The average molecular weight is 354 g/mol. The van der Waals surface area contributed by atoms with Crippen LogP contribution in [0.2, 0.25) is 5.04 Å². The molecule has 0 aromatic heterocycles. The van der Waals surface area contributed by atoms with E-state index in [9.17, 15) is 4.80 Å². The molecule has 2 aromatic rings. The molecule has 25 heavy (non-hydrogen) atoms. The molecule has 0 bridgehead atoms. The molecule has 1 fully saturated rings. The summed E-state index contributed by atoms with van der Waals surface area (Å²) in [7, 11) is -2.86. The van der Waals surface area contributed by atoms with E-state index >= 15 is 0 Å². The fourth-order valence-corrected chi connectivity index (χ4v) is 8.40. The van der Waals surface area contributed by atoms with Crippen molar-refractivity contribution in [2.24, 2.45) is 11.7 Å². The van der Waals surface area contributed by atoms with Crippen LogP contribution in [0.15, 0.2) is 60.7 Å². The van der Waals surface area contributed by atoms with Crippen LogP contribution in [-0.4, -0.2) is 19.2 Å². The first-order chi connectivity index (χ1) is 11.9. The fourth-order valence-electron chi connectivity index (χ4n) is 4.57. The first-order valence-electron chi connectivity index (χ1n) is 9.52. The van der Waals surface area contributed by atoms with E-state index in [1.807, 2.05) is 36.4 Å². The van der Waals surface area contributed by atoms with E-state index in [0.717, 1.165) is 29.6 Å². The molecule has 3 rings (SSSR count). The maximum absolute atomic E-state index is 12.2. The van der Waals surface area contributed by atoms with Gasteiger partial charge in [-0.2, -0.15) is 0 Å². The Bertz CT molecular complexity index is 623. The highest BCUT2D eigenvalue weighted by Gasteiger charge is 2.50. The molecule has 1 aliphatic rings. The van der Waals surface area contributed by atoms with E-state index in [0.29, 0.717) is 12.0 Å². The van der Waals surface area contributed by atoms with Gasteiger partial charge < -0.3 is 10.5 Å². The number of nitrogens with two attached hydrogens (primary N) is 1. The smallest absolute Gasteiger partial charge is 0.258 e. The van der Waals surface area contributed by atoms with Crippen molar-refractivity contribution < 1.29 is 4.80 Å². The molecule has 0 spiro atoms. The van der Waals surface area contributed by atoms with Gasteiger partial charge in [-0.05, 0) is 53.4 Å². The van der Waals surface area contributed by atoms with Crippen molar-refractivity contribution in [1.29, 1.82) is 0 Å². The van der Waals surface area contributed by atoms with Gasteiger partial charge in [0.2, 0.25) is 0 Å². The molecule has 0 amide bonds. The predicted octanol–water partition coefficient (Wildman–Crippen LogP) is 3.43. The Balaban J connectivity index is 1.96. The van der Waals surface area contributed by atoms with E-state index in [-0.39, 0.29) is 5.04 Å². The topological polar surface area (TPSA) is 46.2 Å². The van der Waals surface area contributed by atoms with Gasteiger partial charge in [0.1, 0.15) is 0 Å². The molecule has 2 nitrogen and oxygen atoms in total. The van der Waals surface area contributed by atoms with Gasteiger partial charge in [-0.15, -0.1) is 0 Å². The highest BCUT2D eigenvalue weighted by atomic mass is 28.4. The van der Waals surface area contributed by atoms with Crippen molar-refractivity contribution in [3.63, 3.8) is 0 Å². The van der Waals surface area contributed by atoms with Gasteiger partial charge in [0.25, 0.3) is 8.32 Å². The molecule has 134 valence electrons. The number of benzene rings is 2. The predicted molar refractivity (Wildman–Crippen MR) is 109 cm³/mol. The second kappa shape index (κ2) is 7.44. The molecule has 0 aliphatic heterocycles. The van der Waals surface area contributed by atoms with Gasteiger partial charge in [-0.3, -0.25) is 0 Å². The molecule has 3 heteroatoms. The van der Waals surface area contributed by atoms with Gasteiger partial charge in [0, 0.05) is 6.04 Å². The lowest BCUT2D eigenvalue weighted by Crippen LogP contribution is -2.65. The Morgan fingerprint density at radius 2 is 1.32 bits per heavy atom. The third-order valence-electron chi connectivity index (χ3n) is 6.05. The van der Waals surface area contributed by atoms with Gasteiger partial charge >= 0.3 is 0 Å². The van der Waals surface area contributed by atoms with Crippen LogP contribution in [0.25, 0.3) is 0 Å². The summed E-state index contributed by atoms with van der Waals surface area (Å²) < 4.78 is 0. The van der Waals surface area contributed by atoms with Crippen molar-refractivity contribution >= 4 is 18.7 Å². The Morgan fingerprint density at radius 3 is 1.76 bits per heavy atom. The van der Waals surface area contributed by atoms with Crippen molar-refractivity contribution in [3.8, 4) is 0 Å². The summed E-state index contributed by atoms with van der Waals surface area (Å²) in [6.45, 7) is 4.54. The Labute approximate surface area is 153 Å². The summed E-state index contributed by atoms with van der Waals surface area (Å²) in [4.78, 5) is 12.2. The lowest BCUT2D eigenvalue weighted by molar-refractivity contribution is 0.278. The normalized spacial score (nSPS) is 21.9. The summed E-state index contributed by atoms with van der Waals surface area (Å²) in [5.41, 5.74) is 6.09. The first-order valence-corrected chi connectivity index (χ1v) is 11.5. The standard InChI is InChI=1S/C22H31NOSi/c1-22(2,17-18-13-15-19(23)16-14-18)25(24,20-9-5-3-6-10-20)21-11-7-4-8-12-21/h3-12,18-19,24H,13-17,23H2,1-2H3/t18-,19-. The molecule has 1 saturated carbocycles. The fraction of sp³-hybridized carbons (Fsp3) is 0.455. The average Bonchev–Trinajstić information content (AvgIpc) is 2.64. The van der Waals surface area contributed by atoms with Crippen molar-refractivity contribution in [2.75, 3.05) is 0 Å². The SMILES string of the molecule is CC(C)(C[C@H]1CC[C@H](N)CC1)[Si](O)(c1ccccc1)c1ccccc1. The zero-order valence-corrected chi connectivity index (χ0v) is 16.5. The van der Waals surface area contributed by atoms with E-state index < -0.39 is 8.32 Å². The van der Waals surface area contributed by atoms with Crippen molar-refractivity contribution in [3.05, 3.63) is 60.7 Å². The minimum atomic E-state index is -2.86. The van der Waals surface area contributed by atoms with Crippen LogP contribution in [0.4, 0.5) is 0 Å². The first kappa shape index (κ1) is 18.4. The van der Waals surface area contributed by atoms with E-state index in [1.165, 1.54) is 12.8 Å². The van der Waals surface area contributed by atoms with Crippen LogP contribution in [0.3, 0.4) is 0 Å². The molecule has 0 unspecified atom stereocenters. The van der Waals surface area contributed by atoms with Crippen molar-refractivity contribution in [2.45, 2.75) is 57.0 Å². The molecular formula is C22H31NOSi. The summed E-state index contributed by atoms with van der Waals surface area (Å²) >= 11 is 0. The molecule has 3 N–H and O–H groups in total. The van der Waals surface area contributed by atoms with Gasteiger partial charge in [0.15, 0.2) is 0 Å². The van der Waals surface area contributed by atoms with Crippen LogP contribution >= 0.6 is 0 Å². The summed E-state index contributed by atoms with van der Waals surface area (Å²) in [5, 5.41) is 2.08. The van der Waals surface area contributed by atoms with E-state index in [2.05, 4.69) is 38.1 Å². The maximum Gasteiger partial charge on any atom is 0.258 e. The highest BCUT2D eigenvalue weighted by Crippen LogP contribution is 2.44. The molecule has 0 atom stereocenters. The molecule has 0 radical (unpaired) electrons. The maximum atomic E-state index is 12.2. The minimum absolute atomic E-state index is 0.137. The largest absolute Gasteiger partial charge is 0.424 e.